The first-order valence-electron chi connectivity index (χ1n) is 2.65. The SMILES string of the molecule is C[C@@H]1CNC[C@@H]1F.Cl. The molecule has 1 rings (SSSR count). The van der Waals surface area contributed by atoms with E-state index in [9.17, 15) is 4.39 Å². The zero-order valence-electron chi connectivity index (χ0n) is 4.86. The van der Waals surface area contributed by atoms with Crippen LogP contribution in [-0.2, 0) is 0 Å². The summed E-state index contributed by atoms with van der Waals surface area (Å²) >= 11 is 0. The average molecular weight is 140 g/mol. The Balaban J connectivity index is 0.000000490. The predicted molar refractivity (Wildman–Crippen MR) is 34.2 cm³/mol. The van der Waals surface area contributed by atoms with Crippen LogP contribution in [0.5, 0.6) is 0 Å². The van der Waals surface area contributed by atoms with Crippen molar-refractivity contribution in [2.45, 2.75) is 13.1 Å². The Hall–Kier alpha value is 0.180. The molecule has 1 aliphatic heterocycles. The average Bonchev–Trinajstić information content (AvgIpc) is 1.91. The second-order valence-electron chi connectivity index (χ2n) is 2.15. The molecule has 1 aliphatic rings. The molecule has 2 atom stereocenters. The van der Waals surface area contributed by atoms with E-state index >= 15 is 0 Å². The van der Waals surface area contributed by atoms with Gasteiger partial charge < -0.3 is 5.32 Å². The second-order valence-corrected chi connectivity index (χ2v) is 2.15. The summed E-state index contributed by atoms with van der Waals surface area (Å²) in [6.45, 7) is 3.33. The summed E-state index contributed by atoms with van der Waals surface area (Å²) in [5, 5.41) is 2.95. The lowest BCUT2D eigenvalue weighted by Crippen LogP contribution is -2.08. The van der Waals surface area contributed by atoms with E-state index in [0.717, 1.165) is 6.54 Å². The van der Waals surface area contributed by atoms with Gasteiger partial charge in [0.15, 0.2) is 0 Å². The highest BCUT2D eigenvalue weighted by Crippen LogP contribution is 2.09. The third-order valence-electron chi connectivity index (χ3n) is 1.42. The molecule has 0 aromatic heterocycles. The lowest BCUT2D eigenvalue weighted by Gasteiger charge is -1.99. The summed E-state index contributed by atoms with van der Waals surface area (Å²) in [5.41, 5.74) is 0. The zero-order chi connectivity index (χ0) is 5.28. The van der Waals surface area contributed by atoms with Crippen molar-refractivity contribution < 1.29 is 4.39 Å². The topological polar surface area (TPSA) is 12.0 Å². The van der Waals surface area contributed by atoms with E-state index in [1.807, 2.05) is 6.92 Å². The smallest absolute Gasteiger partial charge is 0.116 e. The molecule has 0 bridgehead atoms. The van der Waals surface area contributed by atoms with Crippen molar-refractivity contribution in [3.63, 3.8) is 0 Å². The van der Waals surface area contributed by atoms with Gasteiger partial charge in [0.1, 0.15) is 6.17 Å². The summed E-state index contributed by atoms with van der Waals surface area (Å²) in [4.78, 5) is 0. The quantitative estimate of drug-likeness (QED) is 0.528. The van der Waals surface area contributed by atoms with Crippen molar-refractivity contribution in [2.24, 2.45) is 5.92 Å². The van der Waals surface area contributed by atoms with Gasteiger partial charge >= 0.3 is 0 Å². The molecular formula is C5H11ClFN. The van der Waals surface area contributed by atoms with Crippen LogP contribution < -0.4 is 5.32 Å². The fraction of sp³-hybridized carbons (Fsp3) is 1.00. The molecule has 1 fully saturated rings. The van der Waals surface area contributed by atoms with Gasteiger partial charge in [-0.05, 0) is 0 Å². The largest absolute Gasteiger partial charge is 0.313 e. The number of hydrogen-bond donors (Lipinski definition) is 1. The minimum atomic E-state index is -0.597. The van der Waals surface area contributed by atoms with Crippen LogP contribution in [0, 0.1) is 5.92 Å². The van der Waals surface area contributed by atoms with E-state index in [1.165, 1.54) is 0 Å². The lowest BCUT2D eigenvalue weighted by atomic mass is 10.1. The van der Waals surface area contributed by atoms with E-state index in [1.54, 1.807) is 0 Å². The normalized spacial score (nSPS) is 36.8. The first-order valence-corrected chi connectivity index (χ1v) is 2.65. The lowest BCUT2D eigenvalue weighted by molar-refractivity contribution is 0.298. The fourth-order valence-corrected chi connectivity index (χ4v) is 0.778. The highest BCUT2D eigenvalue weighted by molar-refractivity contribution is 5.85. The van der Waals surface area contributed by atoms with Gasteiger partial charge in [-0.25, -0.2) is 4.39 Å². The fourth-order valence-electron chi connectivity index (χ4n) is 0.778. The Morgan fingerprint density at radius 2 is 2.12 bits per heavy atom. The van der Waals surface area contributed by atoms with E-state index in [2.05, 4.69) is 5.32 Å². The monoisotopic (exact) mass is 139 g/mol. The van der Waals surface area contributed by atoms with Gasteiger partial charge in [0.2, 0.25) is 0 Å². The van der Waals surface area contributed by atoms with Crippen molar-refractivity contribution in [1.82, 2.24) is 5.32 Å². The van der Waals surface area contributed by atoms with Crippen molar-refractivity contribution in [1.29, 1.82) is 0 Å². The maximum Gasteiger partial charge on any atom is 0.116 e. The van der Waals surface area contributed by atoms with E-state index in [0.29, 0.717) is 6.54 Å². The molecule has 1 N–H and O–H groups in total. The van der Waals surface area contributed by atoms with Crippen LogP contribution in [0.3, 0.4) is 0 Å². The van der Waals surface area contributed by atoms with Crippen LogP contribution >= 0.6 is 12.4 Å². The molecule has 0 aromatic carbocycles. The molecule has 50 valence electrons. The molecule has 1 saturated heterocycles. The highest BCUT2D eigenvalue weighted by atomic mass is 35.5. The zero-order valence-corrected chi connectivity index (χ0v) is 5.67. The Bertz CT molecular complexity index is 61.4. The number of nitrogens with one attached hydrogen (secondary N) is 1. The summed E-state index contributed by atoms with van der Waals surface area (Å²) in [7, 11) is 0. The molecule has 0 aromatic rings. The van der Waals surface area contributed by atoms with E-state index in [4.69, 9.17) is 0 Å². The summed E-state index contributed by atoms with van der Waals surface area (Å²) in [6.07, 6.45) is -0.597. The Morgan fingerprint density at radius 3 is 2.25 bits per heavy atom. The number of hydrogen-bond acceptors (Lipinski definition) is 1. The van der Waals surface area contributed by atoms with Crippen molar-refractivity contribution in [3.05, 3.63) is 0 Å². The molecule has 0 aliphatic carbocycles. The second kappa shape index (κ2) is 3.25. The summed E-state index contributed by atoms with van der Waals surface area (Å²) < 4.78 is 12.3. The summed E-state index contributed by atoms with van der Waals surface area (Å²) in [6, 6.07) is 0. The first kappa shape index (κ1) is 8.18. The third-order valence-corrected chi connectivity index (χ3v) is 1.42. The number of rotatable bonds is 0. The van der Waals surface area contributed by atoms with Gasteiger partial charge in [0.25, 0.3) is 0 Å². The Labute approximate surface area is 55.1 Å². The van der Waals surface area contributed by atoms with Gasteiger partial charge in [-0.1, -0.05) is 6.92 Å². The third kappa shape index (κ3) is 1.60. The Morgan fingerprint density at radius 1 is 1.50 bits per heavy atom. The first-order chi connectivity index (χ1) is 3.30. The van der Waals surface area contributed by atoms with Crippen molar-refractivity contribution in [2.75, 3.05) is 13.1 Å². The number of alkyl halides is 1. The van der Waals surface area contributed by atoms with Crippen LogP contribution in [0.4, 0.5) is 4.39 Å². The van der Waals surface area contributed by atoms with Crippen LogP contribution in [0.1, 0.15) is 6.92 Å². The van der Waals surface area contributed by atoms with Gasteiger partial charge in [0, 0.05) is 19.0 Å². The molecule has 0 unspecified atom stereocenters. The van der Waals surface area contributed by atoms with Crippen LogP contribution in [0.25, 0.3) is 0 Å². The molecule has 3 heteroatoms. The molecule has 8 heavy (non-hydrogen) atoms. The molecular weight excluding hydrogens is 129 g/mol. The molecule has 1 nitrogen and oxygen atoms in total. The minimum absolute atomic E-state index is 0. The van der Waals surface area contributed by atoms with Crippen LogP contribution in [-0.4, -0.2) is 19.3 Å². The van der Waals surface area contributed by atoms with Gasteiger partial charge in [0.05, 0.1) is 0 Å². The molecule has 0 radical (unpaired) electrons. The highest BCUT2D eigenvalue weighted by Gasteiger charge is 2.21. The maximum absolute atomic E-state index is 12.3. The molecule has 0 saturated carbocycles. The molecule has 1 heterocycles. The Kier molecular flexibility index (Phi) is 3.33. The van der Waals surface area contributed by atoms with Crippen molar-refractivity contribution >= 4 is 12.4 Å². The van der Waals surface area contributed by atoms with E-state index in [-0.39, 0.29) is 18.3 Å². The van der Waals surface area contributed by atoms with E-state index < -0.39 is 6.17 Å². The predicted octanol–water partition coefficient (Wildman–Crippen LogP) is 0.986. The maximum atomic E-state index is 12.3. The van der Waals surface area contributed by atoms with Crippen LogP contribution in [0.15, 0.2) is 0 Å². The number of halogens is 2. The van der Waals surface area contributed by atoms with Gasteiger partial charge in [-0.3, -0.25) is 0 Å². The van der Waals surface area contributed by atoms with Gasteiger partial charge in [-0.15, -0.1) is 12.4 Å². The standard InChI is InChI=1S/C5H10FN.ClH/c1-4-2-7-3-5(4)6;/h4-5,7H,2-3H2,1H3;1H/t4-,5+;/m1./s1. The van der Waals surface area contributed by atoms with Gasteiger partial charge in [-0.2, -0.15) is 0 Å². The summed E-state index contributed by atoms with van der Waals surface area (Å²) in [5.74, 6) is 0.236. The van der Waals surface area contributed by atoms with Crippen LogP contribution in [0.2, 0.25) is 0 Å². The molecule has 0 amide bonds. The minimum Gasteiger partial charge on any atom is -0.313 e. The molecule has 0 spiro atoms. The van der Waals surface area contributed by atoms with Crippen molar-refractivity contribution in [3.8, 4) is 0 Å².